The molecular formula is C25H21ClN2O3S. The van der Waals surface area contributed by atoms with E-state index in [0.29, 0.717) is 31.2 Å². The number of hydrogen-bond acceptors (Lipinski definition) is 5. The highest BCUT2D eigenvalue weighted by molar-refractivity contribution is 7.07. The van der Waals surface area contributed by atoms with Gasteiger partial charge in [-0.05, 0) is 37.1 Å². The molecule has 2 heterocycles. The molecule has 0 saturated heterocycles. The van der Waals surface area contributed by atoms with E-state index in [1.165, 1.54) is 15.9 Å². The summed E-state index contributed by atoms with van der Waals surface area (Å²) in [7, 11) is 0. The number of carbonyl (C=O) groups is 1. The van der Waals surface area contributed by atoms with E-state index in [0.717, 1.165) is 5.56 Å². The third-order valence-corrected chi connectivity index (χ3v) is 6.40. The van der Waals surface area contributed by atoms with Crippen molar-refractivity contribution in [3.8, 4) is 0 Å². The molecule has 7 heteroatoms. The lowest BCUT2D eigenvalue weighted by Crippen LogP contribution is -2.40. The summed E-state index contributed by atoms with van der Waals surface area (Å²) in [5.41, 5.74) is 2.29. The summed E-state index contributed by atoms with van der Waals surface area (Å²) in [6, 6.07) is 16.3. The first-order valence-corrected chi connectivity index (χ1v) is 11.4. The quantitative estimate of drug-likeness (QED) is 0.534. The van der Waals surface area contributed by atoms with Crippen LogP contribution in [0.5, 0.6) is 0 Å². The zero-order valence-electron chi connectivity index (χ0n) is 17.6. The third-order valence-electron chi connectivity index (χ3n) is 5.05. The lowest BCUT2D eigenvalue weighted by Gasteiger charge is -2.25. The molecule has 0 N–H and O–H groups in total. The average molecular weight is 465 g/mol. The molecule has 1 aliphatic rings. The zero-order valence-corrected chi connectivity index (χ0v) is 19.2. The summed E-state index contributed by atoms with van der Waals surface area (Å²) in [6.07, 6.45) is 5.54. The van der Waals surface area contributed by atoms with Crippen molar-refractivity contribution in [2.24, 2.45) is 4.99 Å². The molecule has 32 heavy (non-hydrogen) atoms. The molecule has 0 radical (unpaired) electrons. The Bertz CT molecular complexity index is 1400. The van der Waals surface area contributed by atoms with Gasteiger partial charge in [-0.15, -0.1) is 0 Å². The Morgan fingerprint density at radius 3 is 2.62 bits per heavy atom. The van der Waals surface area contributed by atoms with Crippen molar-refractivity contribution in [1.82, 2.24) is 4.57 Å². The Morgan fingerprint density at radius 2 is 1.91 bits per heavy atom. The number of nitrogens with zero attached hydrogens (tertiary/aromatic N) is 2. The van der Waals surface area contributed by atoms with E-state index in [2.05, 4.69) is 4.99 Å². The van der Waals surface area contributed by atoms with Gasteiger partial charge in [0.15, 0.2) is 4.80 Å². The van der Waals surface area contributed by atoms with Crippen LogP contribution in [0.1, 0.15) is 31.0 Å². The van der Waals surface area contributed by atoms with Crippen LogP contribution in [-0.4, -0.2) is 17.1 Å². The number of aromatic nitrogens is 1. The summed E-state index contributed by atoms with van der Waals surface area (Å²) in [5.74, 6) is -0.503. The van der Waals surface area contributed by atoms with Gasteiger partial charge in [0.1, 0.15) is 6.04 Å². The minimum Gasteiger partial charge on any atom is -0.463 e. The van der Waals surface area contributed by atoms with Gasteiger partial charge in [0, 0.05) is 5.02 Å². The second-order valence-electron chi connectivity index (χ2n) is 7.12. The first-order valence-electron chi connectivity index (χ1n) is 10.2. The number of esters is 1. The van der Waals surface area contributed by atoms with Crippen molar-refractivity contribution in [2.75, 3.05) is 6.61 Å². The molecule has 162 valence electrons. The number of allylic oxidation sites excluding steroid dienone is 2. The summed E-state index contributed by atoms with van der Waals surface area (Å²) in [6.45, 7) is 3.72. The second-order valence-corrected chi connectivity index (χ2v) is 8.53. The molecule has 2 aromatic carbocycles. The largest absolute Gasteiger partial charge is 0.463 e. The molecule has 0 spiro atoms. The lowest BCUT2D eigenvalue weighted by atomic mass is 9.96. The van der Waals surface area contributed by atoms with Crippen molar-refractivity contribution in [2.45, 2.75) is 19.9 Å². The van der Waals surface area contributed by atoms with E-state index in [9.17, 15) is 9.59 Å². The van der Waals surface area contributed by atoms with Gasteiger partial charge in [0.2, 0.25) is 0 Å². The number of rotatable bonds is 5. The molecule has 3 aromatic rings. The van der Waals surface area contributed by atoms with Gasteiger partial charge in [-0.25, -0.2) is 9.79 Å². The Hall–Kier alpha value is -3.22. The Kier molecular flexibility index (Phi) is 6.53. The molecule has 4 rings (SSSR count). The summed E-state index contributed by atoms with van der Waals surface area (Å²) >= 11 is 7.77. The normalized spacial score (nSPS) is 16.2. The van der Waals surface area contributed by atoms with Crippen molar-refractivity contribution in [3.63, 3.8) is 0 Å². The fraction of sp³-hybridized carbons (Fsp3) is 0.160. The van der Waals surface area contributed by atoms with Crippen LogP contribution in [0, 0.1) is 0 Å². The highest BCUT2D eigenvalue weighted by atomic mass is 35.5. The first-order chi connectivity index (χ1) is 15.5. The highest BCUT2D eigenvalue weighted by Crippen LogP contribution is 2.34. The van der Waals surface area contributed by atoms with E-state index in [1.54, 1.807) is 26.0 Å². The fourth-order valence-electron chi connectivity index (χ4n) is 3.61. The molecule has 0 bridgehead atoms. The summed E-state index contributed by atoms with van der Waals surface area (Å²) in [4.78, 5) is 31.3. The number of ether oxygens (including phenoxy) is 1. The van der Waals surface area contributed by atoms with Crippen LogP contribution in [0.25, 0.3) is 12.2 Å². The number of fused-ring (bicyclic) bond motifs is 1. The zero-order chi connectivity index (χ0) is 22.7. The van der Waals surface area contributed by atoms with E-state index >= 15 is 0 Å². The summed E-state index contributed by atoms with van der Waals surface area (Å²) < 4.78 is 7.34. The predicted molar refractivity (Wildman–Crippen MR) is 128 cm³/mol. The van der Waals surface area contributed by atoms with Gasteiger partial charge in [-0.2, -0.15) is 0 Å². The van der Waals surface area contributed by atoms with Crippen molar-refractivity contribution in [1.29, 1.82) is 0 Å². The SMILES string of the molecule is CCOC(=O)C1=C(C)N=c2sc(=CC=Cc3ccccc3)c(=O)n2C1c1ccccc1Cl. The van der Waals surface area contributed by atoms with Crippen LogP contribution in [0.3, 0.4) is 0 Å². The minimum atomic E-state index is -0.709. The van der Waals surface area contributed by atoms with Gasteiger partial charge in [0.05, 0.1) is 22.4 Å². The molecule has 1 aromatic heterocycles. The third kappa shape index (κ3) is 4.24. The van der Waals surface area contributed by atoms with Crippen LogP contribution in [0.4, 0.5) is 0 Å². The van der Waals surface area contributed by atoms with Crippen molar-refractivity contribution in [3.05, 3.63) is 108 Å². The maximum atomic E-state index is 13.4. The number of thiazole rings is 1. The molecule has 1 atom stereocenters. The maximum absolute atomic E-state index is 13.4. The molecular weight excluding hydrogens is 444 g/mol. The number of benzene rings is 2. The van der Waals surface area contributed by atoms with Crippen LogP contribution >= 0.6 is 22.9 Å². The van der Waals surface area contributed by atoms with Crippen LogP contribution in [-0.2, 0) is 9.53 Å². The molecule has 0 fully saturated rings. The monoisotopic (exact) mass is 464 g/mol. The van der Waals surface area contributed by atoms with Crippen LogP contribution < -0.4 is 14.9 Å². The van der Waals surface area contributed by atoms with E-state index < -0.39 is 12.0 Å². The Morgan fingerprint density at radius 1 is 1.19 bits per heavy atom. The number of hydrogen-bond donors (Lipinski definition) is 0. The van der Waals surface area contributed by atoms with Gasteiger partial charge in [-0.1, -0.05) is 83.6 Å². The fourth-order valence-corrected chi connectivity index (χ4v) is 4.84. The molecule has 1 unspecified atom stereocenters. The smallest absolute Gasteiger partial charge is 0.338 e. The van der Waals surface area contributed by atoms with E-state index in [4.69, 9.17) is 16.3 Å². The van der Waals surface area contributed by atoms with Crippen LogP contribution in [0.2, 0.25) is 5.02 Å². The van der Waals surface area contributed by atoms with Gasteiger partial charge >= 0.3 is 5.97 Å². The molecule has 0 saturated carbocycles. The Labute approximate surface area is 194 Å². The molecule has 0 aliphatic carbocycles. The molecule has 1 aliphatic heterocycles. The first kappa shape index (κ1) is 22.0. The standard InChI is InChI=1S/C25H21ClN2O3S/c1-3-31-24(30)21-16(2)27-25-28(22(21)18-13-7-8-14-19(18)26)23(29)20(32-25)15-9-12-17-10-5-4-6-11-17/h4-15,22H,3H2,1-2H3. The van der Waals surface area contributed by atoms with Crippen molar-refractivity contribution >= 4 is 41.1 Å². The lowest BCUT2D eigenvalue weighted by molar-refractivity contribution is -0.139. The van der Waals surface area contributed by atoms with E-state index in [1.807, 2.05) is 60.7 Å². The van der Waals surface area contributed by atoms with E-state index in [-0.39, 0.29) is 12.2 Å². The highest BCUT2D eigenvalue weighted by Gasteiger charge is 2.34. The predicted octanol–water partition coefficient (Wildman–Crippen LogP) is 4.12. The molecule has 0 amide bonds. The Balaban J connectivity index is 1.88. The topological polar surface area (TPSA) is 60.7 Å². The van der Waals surface area contributed by atoms with Gasteiger partial charge in [-0.3, -0.25) is 9.36 Å². The average Bonchev–Trinajstić information content (AvgIpc) is 3.09. The van der Waals surface area contributed by atoms with Crippen molar-refractivity contribution < 1.29 is 9.53 Å². The van der Waals surface area contributed by atoms with Gasteiger partial charge < -0.3 is 4.74 Å². The summed E-state index contributed by atoms with van der Waals surface area (Å²) in [5, 5.41) is 0.465. The minimum absolute atomic E-state index is 0.222. The van der Waals surface area contributed by atoms with Crippen LogP contribution in [0.15, 0.2) is 81.7 Å². The van der Waals surface area contributed by atoms with Gasteiger partial charge in [0.25, 0.3) is 5.56 Å². The number of carbonyl (C=O) groups excluding carboxylic acids is 1. The molecule has 5 nitrogen and oxygen atoms in total. The second kappa shape index (κ2) is 9.51. The maximum Gasteiger partial charge on any atom is 0.338 e. The number of halogens is 1.